The van der Waals surface area contributed by atoms with Crippen LogP contribution in [0.15, 0.2) is 5.16 Å². The first-order valence-electron chi connectivity index (χ1n) is 7.67. The summed E-state index contributed by atoms with van der Waals surface area (Å²) < 4.78 is 7.53. The number of ether oxygens (including phenoxy) is 1. The lowest BCUT2D eigenvalue weighted by atomic mass is 10.2. The minimum Gasteiger partial charge on any atom is -0.378 e. The first-order chi connectivity index (χ1) is 10.5. The number of rotatable bonds is 6. The molecule has 1 amide bonds. The van der Waals surface area contributed by atoms with E-state index in [4.69, 9.17) is 4.74 Å². The third-order valence-corrected chi connectivity index (χ3v) is 4.52. The van der Waals surface area contributed by atoms with Gasteiger partial charge in [0.15, 0.2) is 5.16 Å². The molecular formula is C14H25N5O2S. The second kappa shape index (κ2) is 7.82. The molecule has 1 N–H and O–H groups in total. The maximum Gasteiger partial charge on any atom is 0.233 e. The van der Waals surface area contributed by atoms with Gasteiger partial charge in [0, 0.05) is 26.7 Å². The van der Waals surface area contributed by atoms with Crippen LogP contribution in [0, 0.1) is 5.92 Å². The minimum atomic E-state index is -0.197. The van der Waals surface area contributed by atoms with Gasteiger partial charge < -0.3 is 15.0 Å². The van der Waals surface area contributed by atoms with Crippen LogP contribution in [0.3, 0.4) is 0 Å². The SMILES string of the molecule is CNC(=O)[C@H](C)Sc1nnc(N2CCOCC2)n1CC(C)C. The zero-order valence-corrected chi connectivity index (χ0v) is 14.5. The normalized spacial score (nSPS) is 16.9. The van der Waals surface area contributed by atoms with E-state index < -0.39 is 0 Å². The first-order valence-corrected chi connectivity index (χ1v) is 8.55. The van der Waals surface area contributed by atoms with Gasteiger partial charge in [-0.05, 0) is 12.8 Å². The molecule has 1 aliphatic rings. The molecule has 0 aromatic carbocycles. The Labute approximate surface area is 135 Å². The summed E-state index contributed by atoms with van der Waals surface area (Å²) in [7, 11) is 1.65. The Kier molecular flexibility index (Phi) is 6.07. The van der Waals surface area contributed by atoms with E-state index in [2.05, 4.69) is 38.8 Å². The molecule has 0 radical (unpaired) electrons. The fraction of sp³-hybridized carbons (Fsp3) is 0.786. The summed E-state index contributed by atoms with van der Waals surface area (Å²) in [6, 6.07) is 0. The Balaban J connectivity index is 2.21. The predicted molar refractivity (Wildman–Crippen MR) is 87.3 cm³/mol. The van der Waals surface area contributed by atoms with Crippen LogP contribution in [-0.2, 0) is 16.1 Å². The zero-order chi connectivity index (χ0) is 16.1. The van der Waals surface area contributed by atoms with Gasteiger partial charge >= 0.3 is 0 Å². The molecule has 124 valence electrons. The molecule has 2 heterocycles. The summed E-state index contributed by atoms with van der Waals surface area (Å²) in [4.78, 5) is 13.9. The third kappa shape index (κ3) is 4.13. The average molecular weight is 327 g/mol. The number of anilines is 1. The van der Waals surface area contributed by atoms with Crippen molar-refractivity contribution in [2.75, 3.05) is 38.3 Å². The van der Waals surface area contributed by atoms with Crippen LogP contribution in [-0.4, -0.2) is 59.3 Å². The fourth-order valence-corrected chi connectivity index (χ4v) is 3.22. The van der Waals surface area contributed by atoms with Gasteiger partial charge in [0.1, 0.15) is 0 Å². The Hall–Kier alpha value is -1.28. The van der Waals surface area contributed by atoms with E-state index in [1.165, 1.54) is 11.8 Å². The van der Waals surface area contributed by atoms with Crippen molar-refractivity contribution in [3.8, 4) is 0 Å². The number of carbonyl (C=O) groups is 1. The van der Waals surface area contributed by atoms with Gasteiger partial charge in [-0.3, -0.25) is 9.36 Å². The lowest BCUT2D eigenvalue weighted by molar-refractivity contribution is -0.119. The van der Waals surface area contributed by atoms with Crippen LogP contribution >= 0.6 is 11.8 Å². The van der Waals surface area contributed by atoms with Gasteiger partial charge in [0.2, 0.25) is 11.9 Å². The van der Waals surface area contributed by atoms with Gasteiger partial charge in [0.05, 0.1) is 18.5 Å². The minimum absolute atomic E-state index is 0.00276. The fourth-order valence-electron chi connectivity index (χ4n) is 2.31. The molecule has 1 aromatic heterocycles. The summed E-state index contributed by atoms with van der Waals surface area (Å²) in [5.74, 6) is 1.35. The maximum atomic E-state index is 11.7. The number of nitrogens with one attached hydrogen (secondary N) is 1. The van der Waals surface area contributed by atoms with Crippen molar-refractivity contribution in [1.82, 2.24) is 20.1 Å². The molecule has 1 fully saturated rings. The molecule has 2 rings (SSSR count). The number of amides is 1. The summed E-state index contributed by atoms with van der Waals surface area (Å²) >= 11 is 1.45. The van der Waals surface area contributed by atoms with Gasteiger partial charge in [0.25, 0.3) is 0 Å². The van der Waals surface area contributed by atoms with Gasteiger partial charge in [-0.15, -0.1) is 10.2 Å². The Bertz CT molecular complexity index is 499. The van der Waals surface area contributed by atoms with E-state index in [0.29, 0.717) is 19.1 Å². The van der Waals surface area contributed by atoms with Crippen LogP contribution in [0.4, 0.5) is 5.95 Å². The van der Waals surface area contributed by atoms with E-state index in [-0.39, 0.29) is 11.2 Å². The zero-order valence-electron chi connectivity index (χ0n) is 13.7. The molecule has 0 saturated carbocycles. The topological polar surface area (TPSA) is 72.3 Å². The molecule has 0 spiro atoms. The quantitative estimate of drug-likeness (QED) is 0.786. The highest BCUT2D eigenvalue weighted by Crippen LogP contribution is 2.27. The number of thioether (sulfide) groups is 1. The smallest absolute Gasteiger partial charge is 0.233 e. The van der Waals surface area contributed by atoms with Gasteiger partial charge in [-0.2, -0.15) is 0 Å². The number of nitrogens with zero attached hydrogens (tertiary/aromatic N) is 4. The largest absolute Gasteiger partial charge is 0.378 e. The van der Waals surface area contributed by atoms with E-state index in [1.54, 1.807) is 7.05 Å². The first kappa shape index (κ1) is 17.1. The maximum absolute atomic E-state index is 11.7. The van der Waals surface area contributed by atoms with Crippen molar-refractivity contribution in [1.29, 1.82) is 0 Å². The Morgan fingerprint density at radius 3 is 2.59 bits per heavy atom. The lowest BCUT2D eigenvalue weighted by Crippen LogP contribution is -2.38. The van der Waals surface area contributed by atoms with Crippen molar-refractivity contribution in [2.24, 2.45) is 5.92 Å². The number of aromatic nitrogens is 3. The average Bonchev–Trinajstić information content (AvgIpc) is 2.89. The molecular weight excluding hydrogens is 302 g/mol. The molecule has 0 bridgehead atoms. The Morgan fingerprint density at radius 1 is 1.32 bits per heavy atom. The highest BCUT2D eigenvalue weighted by atomic mass is 32.2. The number of carbonyl (C=O) groups excluding carboxylic acids is 1. The highest BCUT2D eigenvalue weighted by molar-refractivity contribution is 8.00. The van der Waals surface area contributed by atoms with Crippen molar-refractivity contribution in [2.45, 2.75) is 37.7 Å². The highest BCUT2D eigenvalue weighted by Gasteiger charge is 2.23. The van der Waals surface area contributed by atoms with Crippen LogP contribution < -0.4 is 10.2 Å². The van der Waals surface area contributed by atoms with E-state index in [9.17, 15) is 4.79 Å². The monoisotopic (exact) mass is 327 g/mol. The summed E-state index contributed by atoms with van der Waals surface area (Å²) in [6.45, 7) is 10.1. The standard InChI is InChI=1S/C14H25N5O2S/c1-10(2)9-19-13(18-5-7-21-8-6-18)16-17-14(19)22-11(3)12(20)15-4/h10-11H,5-9H2,1-4H3,(H,15,20)/t11-/m0/s1. The van der Waals surface area contributed by atoms with E-state index in [0.717, 1.165) is 30.7 Å². The van der Waals surface area contributed by atoms with Crippen molar-refractivity contribution >= 4 is 23.6 Å². The summed E-state index contributed by atoms with van der Waals surface area (Å²) in [5.41, 5.74) is 0. The molecule has 22 heavy (non-hydrogen) atoms. The molecule has 0 aliphatic carbocycles. The van der Waals surface area contributed by atoms with Gasteiger partial charge in [-0.25, -0.2) is 0 Å². The number of hydrogen-bond donors (Lipinski definition) is 1. The number of morpholine rings is 1. The molecule has 0 unspecified atom stereocenters. The molecule has 1 atom stereocenters. The van der Waals surface area contributed by atoms with Crippen molar-refractivity contribution in [3.05, 3.63) is 0 Å². The molecule has 1 saturated heterocycles. The second-order valence-corrected chi connectivity index (χ2v) is 7.07. The molecule has 1 aromatic rings. The van der Waals surface area contributed by atoms with Crippen LogP contribution in [0.5, 0.6) is 0 Å². The predicted octanol–water partition coefficient (Wildman–Crippen LogP) is 0.997. The number of hydrogen-bond acceptors (Lipinski definition) is 6. The summed E-state index contributed by atoms with van der Waals surface area (Å²) in [6.07, 6.45) is 0. The van der Waals surface area contributed by atoms with E-state index in [1.807, 2.05) is 6.92 Å². The molecule has 7 nitrogen and oxygen atoms in total. The van der Waals surface area contributed by atoms with Gasteiger partial charge in [-0.1, -0.05) is 25.6 Å². The van der Waals surface area contributed by atoms with Crippen LogP contribution in [0.1, 0.15) is 20.8 Å². The van der Waals surface area contributed by atoms with Crippen molar-refractivity contribution in [3.63, 3.8) is 0 Å². The third-order valence-electron chi connectivity index (χ3n) is 3.44. The van der Waals surface area contributed by atoms with E-state index >= 15 is 0 Å². The molecule has 8 heteroatoms. The Morgan fingerprint density at radius 2 is 2.00 bits per heavy atom. The van der Waals surface area contributed by atoms with Crippen LogP contribution in [0.25, 0.3) is 0 Å². The van der Waals surface area contributed by atoms with Crippen molar-refractivity contribution < 1.29 is 9.53 Å². The molecule has 1 aliphatic heterocycles. The van der Waals surface area contributed by atoms with Crippen LogP contribution in [0.2, 0.25) is 0 Å². The lowest BCUT2D eigenvalue weighted by Gasteiger charge is -2.28. The second-order valence-electron chi connectivity index (χ2n) is 5.76. The summed E-state index contributed by atoms with van der Waals surface area (Å²) in [5, 5.41) is 11.9.